The van der Waals surface area contributed by atoms with Gasteiger partial charge < -0.3 is 9.80 Å². The lowest BCUT2D eigenvalue weighted by Crippen LogP contribution is -2.49. The molecule has 0 saturated carbocycles. The summed E-state index contributed by atoms with van der Waals surface area (Å²) in [4.78, 5) is 31.0. The predicted octanol–water partition coefficient (Wildman–Crippen LogP) is 2.64. The number of amides is 1. The van der Waals surface area contributed by atoms with Gasteiger partial charge in [-0.25, -0.2) is 13.4 Å². The molecule has 0 aliphatic carbocycles. The maximum Gasteiger partial charge on any atom is 0.293 e. The molecule has 2 aromatic rings. The summed E-state index contributed by atoms with van der Waals surface area (Å²) in [6, 6.07) is 7.12. The fourth-order valence-electron chi connectivity index (χ4n) is 3.63. The average molecular weight is 482 g/mol. The molecule has 1 amide bonds. The number of benzene rings is 1. The first-order valence-corrected chi connectivity index (χ1v) is 11.9. The van der Waals surface area contributed by atoms with E-state index < -0.39 is 14.9 Å². The molecule has 1 aromatic carbocycles. The van der Waals surface area contributed by atoms with Crippen LogP contribution in [0.1, 0.15) is 24.2 Å². The maximum atomic E-state index is 12.8. The van der Waals surface area contributed by atoms with Gasteiger partial charge >= 0.3 is 0 Å². The first-order chi connectivity index (χ1) is 15.2. The second-order valence-electron chi connectivity index (χ2n) is 7.15. The molecule has 1 aliphatic heterocycles. The zero-order valence-electron chi connectivity index (χ0n) is 17.8. The Kier molecular flexibility index (Phi) is 7.32. The first-order valence-electron chi connectivity index (χ1n) is 10.1. The van der Waals surface area contributed by atoms with Crippen LogP contribution in [-0.2, 0) is 10.0 Å². The topological polar surface area (TPSA) is 117 Å². The van der Waals surface area contributed by atoms with Crippen LogP contribution in [-0.4, -0.2) is 72.7 Å². The van der Waals surface area contributed by atoms with Crippen molar-refractivity contribution in [2.45, 2.75) is 18.7 Å². The smallest absolute Gasteiger partial charge is 0.293 e. The molecule has 2 heterocycles. The standard InChI is InChI=1S/C20H24ClN5O5S/c1-3-25(4-2)32(30,31)16-6-7-17(18(13-16)26(28)29)23-9-11-24(12-10-23)20(27)15-5-8-19(21)22-14-15/h5-8,13-14H,3-4,9-12H2,1-2H3. The number of nitro groups is 1. The largest absolute Gasteiger partial charge is 0.362 e. The average Bonchev–Trinajstić information content (AvgIpc) is 2.79. The minimum absolute atomic E-state index is 0.110. The van der Waals surface area contributed by atoms with Gasteiger partial charge in [0, 0.05) is 51.5 Å². The van der Waals surface area contributed by atoms with Crippen LogP contribution >= 0.6 is 11.6 Å². The number of aromatic nitrogens is 1. The summed E-state index contributed by atoms with van der Waals surface area (Å²) in [5, 5.41) is 12.0. The molecule has 1 fully saturated rings. The number of nitrogens with zero attached hydrogens (tertiary/aromatic N) is 5. The number of piperazine rings is 1. The lowest BCUT2D eigenvalue weighted by atomic mass is 10.2. The van der Waals surface area contributed by atoms with E-state index in [9.17, 15) is 23.3 Å². The van der Waals surface area contributed by atoms with Crippen LogP contribution in [0.25, 0.3) is 0 Å². The highest BCUT2D eigenvalue weighted by Crippen LogP contribution is 2.32. The van der Waals surface area contributed by atoms with Crippen molar-refractivity contribution in [1.82, 2.24) is 14.2 Å². The Balaban J connectivity index is 1.79. The zero-order chi connectivity index (χ0) is 23.5. The van der Waals surface area contributed by atoms with E-state index in [0.29, 0.717) is 42.6 Å². The van der Waals surface area contributed by atoms with Crippen molar-refractivity contribution in [1.29, 1.82) is 0 Å². The molecule has 1 saturated heterocycles. The maximum absolute atomic E-state index is 12.8. The summed E-state index contributed by atoms with van der Waals surface area (Å²) in [5.41, 5.74) is 0.466. The van der Waals surface area contributed by atoms with Crippen molar-refractivity contribution in [3.05, 3.63) is 57.4 Å². The van der Waals surface area contributed by atoms with Crippen LogP contribution in [0.2, 0.25) is 5.15 Å². The number of nitro benzene ring substituents is 1. The molecule has 1 aliphatic rings. The molecule has 32 heavy (non-hydrogen) atoms. The van der Waals surface area contributed by atoms with E-state index >= 15 is 0 Å². The monoisotopic (exact) mass is 481 g/mol. The molecule has 3 rings (SSSR count). The number of hydrogen-bond acceptors (Lipinski definition) is 7. The number of pyridine rings is 1. The molecular weight excluding hydrogens is 458 g/mol. The van der Waals surface area contributed by atoms with E-state index in [-0.39, 0.29) is 29.6 Å². The Morgan fingerprint density at radius 2 is 1.81 bits per heavy atom. The van der Waals surface area contributed by atoms with Crippen molar-refractivity contribution in [3.8, 4) is 0 Å². The second-order valence-corrected chi connectivity index (χ2v) is 9.47. The van der Waals surface area contributed by atoms with Gasteiger partial charge in [0.15, 0.2) is 0 Å². The van der Waals surface area contributed by atoms with Gasteiger partial charge in [0.1, 0.15) is 10.8 Å². The molecular formula is C20H24ClN5O5S. The van der Waals surface area contributed by atoms with Crippen LogP contribution in [0.4, 0.5) is 11.4 Å². The lowest BCUT2D eigenvalue weighted by Gasteiger charge is -2.35. The Morgan fingerprint density at radius 3 is 2.34 bits per heavy atom. The number of carbonyl (C=O) groups excluding carboxylic acids is 1. The minimum Gasteiger partial charge on any atom is -0.362 e. The minimum atomic E-state index is -3.82. The van der Waals surface area contributed by atoms with Crippen LogP contribution in [0.15, 0.2) is 41.4 Å². The number of anilines is 1. The van der Waals surface area contributed by atoms with Gasteiger partial charge in [-0.05, 0) is 24.3 Å². The SMILES string of the molecule is CCN(CC)S(=O)(=O)c1ccc(N2CCN(C(=O)c3ccc(Cl)nc3)CC2)c([N+](=O)[O-])c1. The fraction of sp³-hybridized carbons (Fsp3) is 0.400. The van der Waals surface area contributed by atoms with E-state index in [2.05, 4.69) is 4.98 Å². The third-order valence-corrected chi connectivity index (χ3v) is 7.64. The highest BCUT2D eigenvalue weighted by atomic mass is 35.5. The van der Waals surface area contributed by atoms with Crippen molar-refractivity contribution >= 4 is 38.9 Å². The molecule has 1 aromatic heterocycles. The molecule has 0 radical (unpaired) electrons. The molecule has 12 heteroatoms. The molecule has 0 N–H and O–H groups in total. The number of rotatable bonds is 7. The quantitative estimate of drug-likeness (QED) is 0.339. The Labute approximate surface area is 191 Å². The third-order valence-electron chi connectivity index (χ3n) is 5.37. The van der Waals surface area contributed by atoms with Crippen molar-refractivity contribution in [3.63, 3.8) is 0 Å². The number of carbonyl (C=O) groups is 1. The highest BCUT2D eigenvalue weighted by molar-refractivity contribution is 7.89. The molecule has 172 valence electrons. The molecule has 0 bridgehead atoms. The van der Waals surface area contributed by atoms with Gasteiger partial charge in [-0.2, -0.15) is 4.31 Å². The van der Waals surface area contributed by atoms with Crippen LogP contribution in [0, 0.1) is 10.1 Å². The molecule has 0 spiro atoms. The summed E-state index contributed by atoms with van der Waals surface area (Å²) in [7, 11) is -3.82. The summed E-state index contributed by atoms with van der Waals surface area (Å²) in [6.07, 6.45) is 1.41. The number of halogens is 1. The van der Waals surface area contributed by atoms with Gasteiger partial charge in [-0.3, -0.25) is 14.9 Å². The van der Waals surface area contributed by atoms with E-state index in [0.717, 1.165) is 6.07 Å². The van der Waals surface area contributed by atoms with Gasteiger partial charge in [0.05, 0.1) is 15.4 Å². The predicted molar refractivity (Wildman–Crippen MR) is 121 cm³/mol. The normalized spacial score (nSPS) is 14.6. The zero-order valence-corrected chi connectivity index (χ0v) is 19.3. The highest BCUT2D eigenvalue weighted by Gasteiger charge is 2.30. The summed E-state index contributed by atoms with van der Waals surface area (Å²) in [6.45, 7) is 5.43. The Bertz CT molecular complexity index is 1100. The van der Waals surface area contributed by atoms with Crippen molar-refractivity contribution < 1.29 is 18.1 Å². The van der Waals surface area contributed by atoms with Gasteiger partial charge in [-0.15, -0.1) is 0 Å². The summed E-state index contributed by atoms with van der Waals surface area (Å²) < 4.78 is 26.8. The van der Waals surface area contributed by atoms with E-state index in [1.807, 2.05) is 0 Å². The van der Waals surface area contributed by atoms with Crippen molar-refractivity contribution in [2.75, 3.05) is 44.2 Å². The summed E-state index contributed by atoms with van der Waals surface area (Å²) in [5.74, 6) is -0.191. The van der Waals surface area contributed by atoms with Crippen molar-refractivity contribution in [2.24, 2.45) is 0 Å². The fourth-order valence-corrected chi connectivity index (χ4v) is 5.22. The second kappa shape index (κ2) is 9.80. The van der Waals surface area contributed by atoms with E-state index in [4.69, 9.17) is 11.6 Å². The Hall–Kier alpha value is -2.76. The summed E-state index contributed by atoms with van der Waals surface area (Å²) >= 11 is 5.76. The van der Waals surface area contributed by atoms with Gasteiger partial charge in [0.2, 0.25) is 10.0 Å². The first kappa shape index (κ1) is 23.9. The molecule has 10 nitrogen and oxygen atoms in total. The molecule has 0 atom stereocenters. The lowest BCUT2D eigenvalue weighted by molar-refractivity contribution is -0.384. The van der Waals surface area contributed by atoms with E-state index in [1.54, 1.807) is 35.8 Å². The Morgan fingerprint density at radius 1 is 1.16 bits per heavy atom. The van der Waals surface area contributed by atoms with Crippen LogP contribution in [0.3, 0.4) is 0 Å². The van der Waals surface area contributed by atoms with Gasteiger partial charge in [-0.1, -0.05) is 25.4 Å². The van der Waals surface area contributed by atoms with Crippen LogP contribution in [0.5, 0.6) is 0 Å². The number of hydrogen-bond donors (Lipinski definition) is 0. The van der Waals surface area contributed by atoms with Crippen LogP contribution < -0.4 is 4.90 Å². The third kappa shape index (κ3) is 4.84. The molecule has 0 unspecified atom stereocenters. The number of sulfonamides is 1. The van der Waals surface area contributed by atoms with Gasteiger partial charge in [0.25, 0.3) is 11.6 Å². The van der Waals surface area contributed by atoms with E-state index in [1.165, 1.54) is 22.6 Å².